The number of nitrogens with one attached hydrogen (secondary N) is 1. The maximum absolute atomic E-state index is 5.77. The fourth-order valence-electron chi connectivity index (χ4n) is 1.30. The number of benzene rings is 1. The van der Waals surface area contributed by atoms with Crippen molar-refractivity contribution in [2.45, 2.75) is 0 Å². The number of nitrogens with zero attached hydrogens (tertiary/aromatic N) is 1. The summed E-state index contributed by atoms with van der Waals surface area (Å²) in [6.07, 6.45) is 3.48. The Morgan fingerprint density at radius 1 is 1.43 bits per heavy atom. The van der Waals surface area contributed by atoms with Gasteiger partial charge in [-0.1, -0.05) is 0 Å². The van der Waals surface area contributed by atoms with Crippen molar-refractivity contribution >= 4 is 5.69 Å². The van der Waals surface area contributed by atoms with E-state index in [1.54, 1.807) is 19.5 Å². The number of H-pyrrole nitrogens is 1. The molecule has 0 aliphatic rings. The number of aromatic amines is 1. The monoisotopic (exact) mass is 189 g/mol. The number of anilines is 1. The highest BCUT2D eigenvalue weighted by Crippen LogP contribution is 2.26. The lowest BCUT2D eigenvalue weighted by Crippen LogP contribution is -1.92. The van der Waals surface area contributed by atoms with Gasteiger partial charge in [0, 0.05) is 18.0 Å². The molecular formula is C10H11N3O. The first-order valence-corrected chi connectivity index (χ1v) is 4.24. The molecule has 1 heterocycles. The molecule has 0 unspecified atom stereocenters. The van der Waals surface area contributed by atoms with Gasteiger partial charge in [-0.15, -0.1) is 0 Å². The maximum atomic E-state index is 5.77. The third-order valence-electron chi connectivity index (χ3n) is 2.00. The highest BCUT2D eigenvalue weighted by Gasteiger charge is 2.03. The van der Waals surface area contributed by atoms with Gasteiger partial charge in [0.15, 0.2) is 0 Å². The number of hydrogen-bond donors (Lipinski definition) is 2. The minimum Gasteiger partial charge on any atom is -0.495 e. The molecule has 4 heteroatoms. The Morgan fingerprint density at radius 2 is 2.29 bits per heavy atom. The van der Waals surface area contributed by atoms with Crippen LogP contribution < -0.4 is 10.5 Å². The normalized spacial score (nSPS) is 10.1. The number of aromatic nitrogens is 2. The van der Waals surface area contributed by atoms with Crippen LogP contribution in [0.25, 0.3) is 11.4 Å². The zero-order chi connectivity index (χ0) is 9.97. The fourth-order valence-corrected chi connectivity index (χ4v) is 1.30. The smallest absolute Gasteiger partial charge is 0.141 e. The third kappa shape index (κ3) is 1.42. The number of ether oxygens (including phenoxy) is 1. The summed E-state index contributed by atoms with van der Waals surface area (Å²) in [5, 5.41) is 0. The number of hydrogen-bond acceptors (Lipinski definition) is 3. The van der Waals surface area contributed by atoms with Gasteiger partial charge in [0.05, 0.1) is 12.8 Å². The Hall–Kier alpha value is -1.97. The molecule has 2 rings (SSSR count). The number of methoxy groups -OCH3 is 1. The molecule has 0 amide bonds. The van der Waals surface area contributed by atoms with E-state index in [0.717, 1.165) is 11.4 Å². The molecule has 72 valence electrons. The molecule has 0 aliphatic carbocycles. The van der Waals surface area contributed by atoms with Crippen LogP contribution in [0.15, 0.2) is 30.6 Å². The van der Waals surface area contributed by atoms with Gasteiger partial charge in [-0.2, -0.15) is 0 Å². The number of imidazole rings is 1. The first kappa shape index (κ1) is 8.62. The second kappa shape index (κ2) is 3.41. The van der Waals surface area contributed by atoms with Gasteiger partial charge < -0.3 is 15.5 Å². The predicted octanol–water partition coefficient (Wildman–Crippen LogP) is 1.67. The molecule has 2 aromatic rings. The van der Waals surface area contributed by atoms with E-state index in [0.29, 0.717) is 11.4 Å². The van der Waals surface area contributed by atoms with Crippen molar-refractivity contribution in [2.24, 2.45) is 0 Å². The lowest BCUT2D eigenvalue weighted by atomic mass is 10.2. The average molecular weight is 189 g/mol. The van der Waals surface area contributed by atoms with Crippen LogP contribution in [0.4, 0.5) is 5.69 Å². The Balaban J connectivity index is 2.43. The number of nitrogen functional groups attached to an aromatic ring is 1. The van der Waals surface area contributed by atoms with E-state index >= 15 is 0 Å². The van der Waals surface area contributed by atoms with Gasteiger partial charge >= 0.3 is 0 Å². The van der Waals surface area contributed by atoms with Crippen LogP contribution in [-0.4, -0.2) is 17.1 Å². The largest absolute Gasteiger partial charge is 0.495 e. The molecule has 0 spiro atoms. The van der Waals surface area contributed by atoms with Crippen molar-refractivity contribution < 1.29 is 4.74 Å². The highest BCUT2D eigenvalue weighted by molar-refractivity contribution is 5.66. The molecule has 0 atom stereocenters. The molecule has 14 heavy (non-hydrogen) atoms. The van der Waals surface area contributed by atoms with E-state index in [9.17, 15) is 0 Å². The summed E-state index contributed by atoms with van der Waals surface area (Å²) in [6.45, 7) is 0. The van der Waals surface area contributed by atoms with Crippen LogP contribution in [0.1, 0.15) is 0 Å². The topological polar surface area (TPSA) is 63.9 Å². The summed E-state index contributed by atoms with van der Waals surface area (Å²) in [7, 11) is 1.60. The highest BCUT2D eigenvalue weighted by atomic mass is 16.5. The maximum Gasteiger partial charge on any atom is 0.141 e. The molecule has 0 radical (unpaired) electrons. The molecule has 1 aromatic carbocycles. The summed E-state index contributed by atoms with van der Waals surface area (Å²) in [6, 6.07) is 5.57. The van der Waals surface area contributed by atoms with Gasteiger partial charge in [0.1, 0.15) is 11.6 Å². The van der Waals surface area contributed by atoms with Crippen LogP contribution in [0.3, 0.4) is 0 Å². The van der Waals surface area contributed by atoms with Crippen molar-refractivity contribution in [1.29, 1.82) is 0 Å². The first-order chi connectivity index (χ1) is 6.81. The molecule has 0 saturated carbocycles. The van der Waals surface area contributed by atoms with Gasteiger partial charge in [-0.3, -0.25) is 0 Å². The van der Waals surface area contributed by atoms with Gasteiger partial charge in [0.25, 0.3) is 0 Å². The molecule has 4 nitrogen and oxygen atoms in total. The predicted molar refractivity (Wildman–Crippen MR) is 55.0 cm³/mol. The molecule has 0 aliphatic heterocycles. The molecule has 0 fully saturated rings. The second-order valence-electron chi connectivity index (χ2n) is 2.89. The Kier molecular flexibility index (Phi) is 2.10. The van der Waals surface area contributed by atoms with Crippen molar-refractivity contribution in [2.75, 3.05) is 12.8 Å². The van der Waals surface area contributed by atoms with E-state index in [-0.39, 0.29) is 0 Å². The van der Waals surface area contributed by atoms with Crippen LogP contribution in [0.5, 0.6) is 5.75 Å². The summed E-state index contributed by atoms with van der Waals surface area (Å²) in [4.78, 5) is 7.14. The summed E-state index contributed by atoms with van der Waals surface area (Å²) < 4.78 is 5.06. The SMILES string of the molecule is COc1ccc(-c2ncc[nH]2)cc1N. The fraction of sp³-hybridized carbons (Fsp3) is 0.100. The average Bonchev–Trinajstić information content (AvgIpc) is 2.70. The Morgan fingerprint density at radius 3 is 2.86 bits per heavy atom. The molecular weight excluding hydrogens is 178 g/mol. The van der Waals surface area contributed by atoms with Crippen molar-refractivity contribution in [3.05, 3.63) is 30.6 Å². The molecule has 3 N–H and O–H groups in total. The summed E-state index contributed by atoms with van der Waals surface area (Å²) >= 11 is 0. The summed E-state index contributed by atoms with van der Waals surface area (Å²) in [5.74, 6) is 1.49. The minimum absolute atomic E-state index is 0.612. The van der Waals surface area contributed by atoms with Gasteiger partial charge in [-0.25, -0.2) is 4.98 Å². The lowest BCUT2D eigenvalue weighted by molar-refractivity contribution is 0.417. The number of nitrogens with two attached hydrogens (primary N) is 1. The van der Waals surface area contributed by atoms with E-state index in [2.05, 4.69) is 9.97 Å². The van der Waals surface area contributed by atoms with Crippen LogP contribution in [0.2, 0.25) is 0 Å². The Labute approximate surface area is 81.7 Å². The number of rotatable bonds is 2. The van der Waals surface area contributed by atoms with Crippen LogP contribution in [0, 0.1) is 0 Å². The van der Waals surface area contributed by atoms with Crippen LogP contribution in [-0.2, 0) is 0 Å². The van der Waals surface area contributed by atoms with Crippen LogP contribution >= 0.6 is 0 Å². The van der Waals surface area contributed by atoms with E-state index in [4.69, 9.17) is 10.5 Å². The molecule has 0 saturated heterocycles. The van der Waals surface area contributed by atoms with E-state index < -0.39 is 0 Å². The zero-order valence-electron chi connectivity index (χ0n) is 7.82. The summed E-state index contributed by atoms with van der Waals surface area (Å²) in [5.41, 5.74) is 7.34. The molecule has 1 aromatic heterocycles. The van der Waals surface area contributed by atoms with Crippen molar-refractivity contribution in [3.63, 3.8) is 0 Å². The van der Waals surface area contributed by atoms with Crippen molar-refractivity contribution in [1.82, 2.24) is 9.97 Å². The van der Waals surface area contributed by atoms with Gasteiger partial charge in [-0.05, 0) is 18.2 Å². The van der Waals surface area contributed by atoms with Gasteiger partial charge in [0.2, 0.25) is 0 Å². The quantitative estimate of drug-likeness (QED) is 0.706. The van der Waals surface area contributed by atoms with E-state index in [1.807, 2.05) is 18.2 Å². The third-order valence-corrected chi connectivity index (χ3v) is 2.00. The van der Waals surface area contributed by atoms with Crippen molar-refractivity contribution in [3.8, 4) is 17.1 Å². The minimum atomic E-state index is 0.612. The lowest BCUT2D eigenvalue weighted by Gasteiger charge is -2.05. The van der Waals surface area contributed by atoms with E-state index in [1.165, 1.54) is 0 Å². The zero-order valence-corrected chi connectivity index (χ0v) is 7.82. The Bertz CT molecular complexity index is 423. The first-order valence-electron chi connectivity index (χ1n) is 4.24. The standard InChI is InChI=1S/C10H11N3O/c1-14-9-3-2-7(6-8(9)11)10-12-4-5-13-10/h2-6H,11H2,1H3,(H,12,13). The second-order valence-corrected chi connectivity index (χ2v) is 2.89. The molecule has 0 bridgehead atoms.